The predicted molar refractivity (Wildman–Crippen MR) is 137 cm³/mol. The summed E-state index contributed by atoms with van der Waals surface area (Å²) in [6.07, 6.45) is -2.80. The Kier molecular flexibility index (Phi) is 11.7. The number of halogens is 4. The second-order valence-corrected chi connectivity index (χ2v) is 10.0. The lowest BCUT2D eigenvalue weighted by molar-refractivity contribution is -0.148. The van der Waals surface area contributed by atoms with E-state index < -0.39 is 48.4 Å². The zero-order chi connectivity index (χ0) is 27.6. The minimum atomic E-state index is -2.57. The molecule has 0 spiro atoms. The molecule has 10 heteroatoms. The fraction of sp³-hybridized carbons (Fsp3) is 0.481. The van der Waals surface area contributed by atoms with E-state index in [1.165, 1.54) is 18.2 Å². The topological polar surface area (TPSA) is 76.7 Å². The lowest BCUT2D eigenvalue weighted by atomic mass is 9.93. The van der Waals surface area contributed by atoms with Gasteiger partial charge in [-0.15, -0.1) is 0 Å². The van der Waals surface area contributed by atoms with Gasteiger partial charge in [0.25, 0.3) is 6.43 Å². The van der Waals surface area contributed by atoms with Crippen LogP contribution in [0.15, 0.2) is 42.5 Å². The molecular weight excluding hydrogens is 509 g/mol. The van der Waals surface area contributed by atoms with Crippen LogP contribution in [-0.4, -0.2) is 49.8 Å². The van der Waals surface area contributed by atoms with E-state index in [-0.39, 0.29) is 19.6 Å². The van der Waals surface area contributed by atoms with Crippen LogP contribution < -0.4 is 10.6 Å². The Labute approximate surface area is 220 Å². The normalized spacial score (nSPS) is 13.2. The van der Waals surface area contributed by atoms with Crippen LogP contribution in [0, 0.1) is 11.7 Å². The largest absolute Gasteiger partial charge is 0.466 e. The van der Waals surface area contributed by atoms with Gasteiger partial charge < -0.3 is 20.1 Å². The van der Waals surface area contributed by atoms with Crippen LogP contribution in [0.25, 0.3) is 11.1 Å². The molecule has 1 amide bonds. The van der Waals surface area contributed by atoms with E-state index in [1.54, 1.807) is 52.0 Å². The first-order valence-corrected chi connectivity index (χ1v) is 12.4. The molecule has 0 bridgehead atoms. The van der Waals surface area contributed by atoms with E-state index in [2.05, 4.69) is 10.6 Å². The van der Waals surface area contributed by atoms with Crippen LogP contribution in [0.2, 0.25) is 5.02 Å². The number of ether oxygens (including phenoxy) is 2. The number of benzene rings is 2. The average Bonchev–Trinajstić information content (AvgIpc) is 2.79. The summed E-state index contributed by atoms with van der Waals surface area (Å²) in [6, 6.07) is 10.8. The van der Waals surface area contributed by atoms with Crippen molar-refractivity contribution in [1.82, 2.24) is 10.6 Å². The summed E-state index contributed by atoms with van der Waals surface area (Å²) in [5.74, 6) is -1.74. The van der Waals surface area contributed by atoms with Gasteiger partial charge in [0.05, 0.1) is 19.1 Å². The Hall–Kier alpha value is -2.78. The van der Waals surface area contributed by atoms with Gasteiger partial charge in [-0.3, -0.25) is 4.79 Å². The van der Waals surface area contributed by atoms with E-state index in [9.17, 15) is 22.8 Å². The van der Waals surface area contributed by atoms with E-state index in [0.717, 1.165) is 5.56 Å². The summed E-state index contributed by atoms with van der Waals surface area (Å²) in [7, 11) is 0. The number of esters is 1. The maximum absolute atomic E-state index is 14.3. The minimum Gasteiger partial charge on any atom is -0.466 e. The summed E-state index contributed by atoms with van der Waals surface area (Å²) in [4.78, 5) is 25.1. The molecule has 0 aliphatic heterocycles. The summed E-state index contributed by atoms with van der Waals surface area (Å²) < 4.78 is 50.0. The van der Waals surface area contributed by atoms with Crippen molar-refractivity contribution in [1.29, 1.82) is 0 Å². The van der Waals surface area contributed by atoms with Gasteiger partial charge in [-0.2, -0.15) is 0 Å². The van der Waals surface area contributed by atoms with E-state index in [1.807, 2.05) is 0 Å². The van der Waals surface area contributed by atoms with Crippen LogP contribution in [0.3, 0.4) is 0 Å². The molecule has 204 valence electrons. The fourth-order valence-corrected chi connectivity index (χ4v) is 3.90. The summed E-state index contributed by atoms with van der Waals surface area (Å²) in [6.45, 7) is 6.36. The molecule has 0 aliphatic carbocycles. The molecule has 6 nitrogen and oxygen atoms in total. The lowest BCUT2D eigenvalue weighted by Crippen LogP contribution is -2.44. The van der Waals surface area contributed by atoms with Gasteiger partial charge >= 0.3 is 12.1 Å². The average molecular weight is 543 g/mol. The Morgan fingerprint density at radius 2 is 1.73 bits per heavy atom. The number of hydrogen-bond acceptors (Lipinski definition) is 5. The second kappa shape index (κ2) is 14.2. The number of hydrogen-bond donors (Lipinski definition) is 2. The van der Waals surface area contributed by atoms with Crippen LogP contribution in [-0.2, 0) is 20.7 Å². The summed E-state index contributed by atoms with van der Waals surface area (Å²) >= 11 is 6.01. The standard InChI is InChI=1S/C27H34ClF3N2O4/c1-5-36-25(34)19(15-32-16-24(30)31)13-21(33-26(35)37-27(2,3)4)12-17-6-8-18(9-7-17)22-14-20(28)10-11-23(22)29/h6-11,14,19,21,24,32H,5,12-13,15-16H2,1-4H3,(H,33,35)/t19?,21-/m1/s1. The smallest absolute Gasteiger partial charge is 0.407 e. The SMILES string of the molecule is CCOC(=O)C(CNCC(F)F)C[C@@H](Cc1ccc(-c2cc(Cl)ccc2F)cc1)NC(=O)OC(C)(C)C. The maximum Gasteiger partial charge on any atom is 0.407 e. The molecule has 0 saturated heterocycles. The van der Waals surface area contributed by atoms with Crippen molar-refractivity contribution in [3.05, 3.63) is 58.9 Å². The summed E-state index contributed by atoms with van der Waals surface area (Å²) in [5, 5.41) is 5.78. The van der Waals surface area contributed by atoms with Crippen molar-refractivity contribution < 1.29 is 32.2 Å². The van der Waals surface area contributed by atoms with Gasteiger partial charge in [0.1, 0.15) is 11.4 Å². The number of carbonyl (C=O) groups excluding carboxylic acids is 2. The molecule has 2 atom stereocenters. The number of alkyl carbamates (subject to hydrolysis) is 1. The molecule has 2 aromatic carbocycles. The molecule has 37 heavy (non-hydrogen) atoms. The van der Waals surface area contributed by atoms with Crippen molar-refractivity contribution in [2.45, 2.75) is 58.6 Å². The zero-order valence-electron chi connectivity index (χ0n) is 21.5. The van der Waals surface area contributed by atoms with E-state index >= 15 is 0 Å². The third-order valence-corrected chi connectivity index (χ3v) is 5.51. The van der Waals surface area contributed by atoms with Gasteiger partial charge in [-0.05, 0) is 69.9 Å². The van der Waals surface area contributed by atoms with Crippen molar-refractivity contribution >= 4 is 23.7 Å². The zero-order valence-corrected chi connectivity index (χ0v) is 22.2. The van der Waals surface area contributed by atoms with Gasteiger partial charge in [0, 0.05) is 23.2 Å². The molecule has 0 aliphatic rings. The molecule has 0 aromatic heterocycles. The van der Waals surface area contributed by atoms with Crippen LogP contribution in [0.5, 0.6) is 0 Å². The van der Waals surface area contributed by atoms with Crippen molar-refractivity contribution in [3.8, 4) is 11.1 Å². The molecule has 2 aromatic rings. The maximum atomic E-state index is 14.3. The minimum absolute atomic E-state index is 0.0390. The molecule has 1 unspecified atom stereocenters. The molecule has 0 radical (unpaired) electrons. The van der Waals surface area contributed by atoms with Crippen molar-refractivity contribution in [2.24, 2.45) is 5.92 Å². The molecule has 2 rings (SSSR count). The number of rotatable bonds is 12. The van der Waals surface area contributed by atoms with Crippen molar-refractivity contribution in [2.75, 3.05) is 19.7 Å². The third kappa shape index (κ3) is 11.0. The van der Waals surface area contributed by atoms with Crippen LogP contribution >= 0.6 is 11.6 Å². The fourth-order valence-electron chi connectivity index (χ4n) is 3.72. The second-order valence-electron chi connectivity index (χ2n) is 9.60. The van der Waals surface area contributed by atoms with Crippen molar-refractivity contribution in [3.63, 3.8) is 0 Å². The first-order chi connectivity index (χ1) is 17.4. The number of nitrogens with one attached hydrogen (secondary N) is 2. The number of amides is 1. The Morgan fingerprint density at radius 3 is 2.32 bits per heavy atom. The number of alkyl halides is 2. The summed E-state index contributed by atoms with van der Waals surface area (Å²) in [5.41, 5.74) is 1.04. The van der Waals surface area contributed by atoms with Gasteiger partial charge in [-0.1, -0.05) is 35.9 Å². The highest BCUT2D eigenvalue weighted by molar-refractivity contribution is 6.30. The predicted octanol–water partition coefficient (Wildman–Crippen LogP) is 6.01. The molecule has 0 heterocycles. The third-order valence-electron chi connectivity index (χ3n) is 5.27. The van der Waals surface area contributed by atoms with Crippen LogP contribution in [0.1, 0.15) is 39.7 Å². The number of carbonyl (C=O) groups is 2. The molecule has 0 saturated carbocycles. The molecule has 0 fully saturated rings. The first-order valence-electron chi connectivity index (χ1n) is 12.1. The van der Waals surface area contributed by atoms with Gasteiger partial charge in [-0.25, -0.2) is 18.0 Å². The first kappa shape index (κ1) is 30.4. The highest BCUT2D eigenvalue weighted by Gasteiger charge is 2.27. The van der Waals surface area contributed by atoms with Crippen LogP contribution in [0.4, 0.5) is 18.0 Å². The lowest BCUT2D eigenvalue weighted by Gasteiger charge is -2.26. The molecular formula is C27H34ClF3N2O4. The van der Waals surface area contributed by atoms with Gasteiger partial charge in [0.2, 0.25) is 0 Å². The van der Waals surface area contributed by atoms with E-state index in [4.69, 9.17) is 21.1 Å². The molecule has 2 N–H and O–H groups in total. The highest BCUT2D eigenvalue weighted by atomic mass is 35.5. The Balaban J connectivity index is 2.24. The van der Waals surface area contributed by atoms with E-state index in [0.29, 0.717) is 22.6 Å². The highest BCUT2D eigenvalue weighted by Crippen LogP contribution is 2.27. The Morgan fingerprint density at radius 1 is 1.05 bits per heavy atom. The Bertz CT molecular complexity index is 1030. The quantitative estimate of drug-likeness (QED) is 0.321. The monoisotopic (exact) mass is 542 g/mol. The van der Waals surface area contributed by atoms with Gasteiger partial charge in [0.15, 0.2) is 0 Å².